The van der Waals surface area contributed by atoms with Crippen molar-refractivity contribution in [3.8, 4) is 11.1 Å². The molecule has 8 heteroatoms. The topological polar surface area (TPSA) is 69.7 Å². The maximum Gasteiger partial charge on any atom is 0.250 e. The average molecular weight is 547 g/mol. The van der Waals surface area contributed by atoms with Crippen LogP contribution in [-0.2, 0) is 6.54 Å². The van der Waals surface area contributed by atoms with Gasteiger partial charge in [0.1, 0.15) is 5.69 Å². The number of halogens is 2. The molecule has 0 amide bonds. The van der Waals surface area contributed by atoms with Crippen LogP contribution in [0.2, 0.25) is 0 Å². The molecule has 0 bridgehead atoms. The Hall–Kier alpha value is -4.17. The molecular weight excluding hydrogens is 506 g/mol. The highest BCUT2D eigenvalue weighted by Gasteiger charge is 2.33. The minimum atomic E-state index is -2.54. The second-order valence-electron chi connectivity index (χ2n) is 8.84. The largest absolute Gasteiger partial charge is 0.353 e. The van der Waals surface area contributed by atoms with Crippen molar-refractivity contribution >= 4 is 22.3 Å². The van der Waals surface area contributed by atoms with Gasteiger partial charge in [-0.1, -0.05) is 26.5 Å². The van der Waals surface area contributed by atoms with Crippen LogP contribution in [0.5, 0.6) is 0 Å². The first kappa shape index (κ1) is 32.0. The predicted octanol–water partition coefficient (Wildman–Crippen LogP) is 8.27. The monoisotopic (exact) mass is 546 g/mol. The van der Waals surface area contributed by atoms with E-state index in [0.29, 0.717) is 25.3 Å². The average Bonchev–Trinajstić information content (AvgIpc) is 3.42. The van der Waals surface area contributed by atoms with E-state index in [1.807, 2.05) is 51.2 Å². The third kappa shape index (κ3) is 8.41. The number of hydrogen-bond acceptors (Lipinski definition) is 5. The van der Waals surface area contributed by atoms with Crippen molar-refractivity contribution in [3.63, 3.8) is 0 Å². The number of H-pyrrole nitrogens is 1. The summed E-state index contributed by atoms with van der Waals surface area (Å²) in [6.07, 6.45) is 5.22. The molecule has 6 nitrogen and oxygen atoms in total. The van der Waals surface area contributed by atoms with E-state index < -0.39 is 5.92 Å². The van der Waals surface area contributed by atoms with Gasteiger partial charge in [-0.05, 0) is 48.4 Å². The lowest BCUT2D eigenvalue weighted by molar-refractivity contribution is -0.0566. The molecule has 0 atom stereocenters. The number of benzene rings is 1. The minimum Gasteiger partial charge on any atom is -0.353 e. The molecule has 3 aromatic heterocycles. The van der Waals surface area contributed by atoms with E-state index in [4.69, 9.17) is 0 Å². The summed E-state index contributed by atoms with van der Waals surface area (Å²) < 4.78 is 26.9. The van der Waals surface area contributed by atoms with Gasteiger partial charge in [-0.3, -0.25) is 20.0 Å². The summed E-state index contributed by atoms with van der Waals surface area (Å²) in [5.41, 5.74) is 7.07. The number of aryl methyl sites for hydroxylation is 1. The Balaban J connectivity index is 0.000000876. The van der Waals surface area contributed by atoms with Gasteiger partial charge in [-0.2, -0.15) is 5.10 Å². The van der Waals surface area contributed by atoms with Gasteiger partial charge in [0.25, 0.3) is 5.92 Å². The van der Waals surface area contributed by atoms with E-state index in [9.17, 15) is 8.78 Å². The number of hydrogen-bond donors (Lipinski definition) is 2. The van der Waals surface area contributed by atoms with E-state index in [1.165, 1.54) is 0 Å². The second kappa shape index (κ2) is 15.4. The molecule has 1 aliphatic rings. The summed E-state index contributed by atoms with van der Waals surface area (Å²) in [6.45, 7) is 23.5. The number of rotatable bonds is 6. The summed E-state index contributed by atoms with van der Waals surface area (Å²) in [5.74, 6) is -2.54. The van der Waals surface area contributed by atoms with Crippen molar-refractivity contribution < 1.29 is 8.78 Å². The quantitative estimate of drug-likeness (QED) is 0.238. The molecule has 1 aliphatic heterocycles. The molecule has 212 valence electrons. The fraction of sp³-hybridized carbons (Fsp3) is 0.281. The van der Waals surface area contributed by atoms with Crippen LogP contribution in [0.1, 0.15) is 43.6 Å². The van der Waals surface area contributed by atoms with Gasteiger partial charge in [0.15, 0.2) is 0 Å². The van der Waals surface area contributed by atoms with Gasteiger partial charge >= 0.3 is 0 Å². The van der Waals surface area contributed by atoms with E-state index in [2.05, 4.69) is 75.4 Å². The van der Waals surface area contributed by atoms with Crippen LogP contribution >= 0.6 is 0 Å². The Morgan fingerprint density at radius 1 is 0.975 bits per heavy atom. The number of anilines is 1. The van der Waals surface area contributed by atoms with Crippen LogP contribution in [0.15, 0.2) is 87.9 Å². The lowest BCUT2D eigenvalue weighted by atomic mass is 10.0. The number of aromatic nitrogens is 4. The van der Waals surface area contributed by atoms with Crippen LogP contribution in [0, 0.1) is 6.92 Å². The SMILES string of the molecule is C=C.C=C.C=C(Nc1ccc(C)nc1)c1n[nH]c2ccc(-c3cncc(CN4CCC(F)(F)CC4)c3)cc12.CC. The van der Waals surface area contributed by atoms with E-state index in [1.54, 1.807) is 12.4 Å². The highest BCUT2D eigenvalue weighted by Crippen LogP contribution is 2.30. The number of nitrogens with one attached hydrogen (secondary N) is 2. The van der Waals surface area contributed by atoms with Gasteiger partial charge in [-0.15, -0.1) is 26.3 Å². The highest BCUT2D eigenvalue weighted by atomic mass is 19.3. The number of fused-ring (bicyclic) bond motifs is 1. The summed E-state index contributed by atoms with van der Waals surface area (Å²) in [6, 6.07) is 12.0. The van der Waals surface area contributed by atoms with E-state index in [-0.39, 0.29) is 12.8 Å². The third-order valence-electron chi connectivity index (χ3n) is 6.18. The zero-order chi connectivity index (χ0) is 29.7. The number of pyridine rings is 2. The van der Waals surface area contributed by atoms with Gasteiger partial charge < -0.3 is 5.32 Å². The number of aromatic amines is 1. The van der Waals surface area contributed by atoms with Crippen LogP contribution in [-0.4, -0.2) is 44.1 Å². The molecule has 0 aliphatic carbocycles. The van der Waals surface area contributed by atoms with Gasteiger partial charge in [0.2, 0.25) is 0 Å². The number of nitrogens with zero attached hydrogens (tertiary/aromatic N) is 4. The molecule has 4 aromatic rings. The van der Waals surface area contributed by atoms with Crippen LogP contribution in [0.25, 0.3) is 27.7 Å². The van der Waals surface area contributed by atoms with Crippen LogP contribution in [0.4, 0.5) is 14.5 Å². The lowest BCUT2D eigenvalue weighted by Gasteiger charge is -2.31. The number of likely N-dealkylation sites (tertiary alicyclic amines) is 1. The molecule has 1 aromatic carbocycles. The maximum absolute atomic E-state index is 13.5. The Labute approximate surface area is 236 Å². The molecule has 0 saturated carbocycles. The molecule has 2 N–H and O–H groups in total. The lowest BCUT2D eigenvalue weighted by Crippen LogP contribution is -2.38. The Kier molecular flexibility index (Phi) is 12.4. The Bertz CT molecular complexity index is 1350. The van der Waals surface area contributed by atoms with Gasteiger partial charge in [-0.25, -0.2) is 8.78 Å². The smallest absolute Gasteiger partial charge is 0.250 e. The van der Waals surface area contributed by atoms with Crippen LogP contribution in [0.3, 0.4) is 0 Å². The summed E-state index contributed by atoms with van der Waals surface area (Å²) in [7, 11) is 0. The molecule has 5 rings (SSSR count). The Morgan fingerprint density at radius 3 is 2.33 bits per heavy atom. The number of piperidine rings is 1. The molecule has 1 saturated heterocycles. The van der Waals surface area contributed by atoms with E-state index in [0.717, 1.165) is 44.7 Å². The zero-order valence-corrected chi connectivity index (χ0v) is 23.8. The first-order chi connectivity index (χ1) is 19.4. The molecule has 0 spiro atoms. The summed E-state index contributed by atoms with van der Waals surface area (Å²) in [4.78, 5) is 10.8. The zero-order valence-electron chi connectivity index (χ0n) is 23.8. The second-order valence-corrected chi connectivity index (χ2v) is 8.84. The molecule has 4 heterocycles. The maximum atomic E-state index is 13.5. The molecular formula is C32H40F2N6. The van der Waals surface area contributed by atoms with Crippen molar-refractivity contribution in [2.24, 2.45) is 0 Å². The minimum absolute atomic E-state index is 0.0867. The van der Waals surface area contributed by atoms with Gasteiger partial charge in [0.05, 0.1) is 23.1 Å². The summed E-state index contributed by atoms with van der Waals surface area (Å²) in [5, 5.41) is 11.7. The molecule has 1 fully saturated rings. The highest BCUT2D eigenvalue weighted by molar-refractivity contribution is 5.95. The fourth-order valence-corrected chi connectivity index (χ4v) is 4.23. The summed E-state index contributed by atoms with van der Waals surface area (Å²) >= 11 is 0. The standard InChI is InChI=1S/C26H26F2N6.C2H6.2C2H4/c1-17-3-5-22(15-30-17)31-18(2)25-23-12-20(4-6-24(23)32-33-25)21-11-19(13-29-14-21)16-34-9-7-26(27,28)8-10-34;3*1-2/h3-6,11-15,31H,2,7-10,16H2,1H3,(H,32,33);1-2H3;2*1-2H2. The van der Waals surface area contributed by atoms with Crippen LogP contribution < -0.4 is 5.32 Å². The fourth-order valence-electron chi connectivity index (χ4n) is 4.23. The molecule has 0 unspecified atom stereocenters. The first-order valence-electron chi connectivity index (χ1n) is 13.3. The van der Waals surface area contributed by atoms with Crippen molar-refractivity contribution in [3.05, 3.63) is 105 Å². The third-order valence-corrected chi connectivity index (χ3v) is 6.18. The molecule has 40 heavy (non-hydrogen) atoms. The van der Waals surface area contributed by atoms with Gasteiger partial charge in [0, 0.05) is 61.5 Å². The van der Waals surface area contributed by atoms with Crippen molar-refractivity contribution in [2.75, 3.05) is 18.4 Å². The van der Waals surface area contributed by atoms with Crippen molar-refractivity contribution in [1.82, 2.24) is 25.1 Å². The normalized spacial score (nSPS) is 13.9. The molecule has 0 radical (unpaired) electrons. The number of alkyl halides is 2. The van der Waals surface area contributed by atoms with E-state index >= 15 is 0 Å². The Morgan fingerprint density at radius 2 is 1.68 bits per heavy atom. The predicted molar refractivity (Wildman–Crippen MR) is 164 cm³/mol. The first-order valence-corrected chi connectivity index (χ1v) is 13.3. The van der Waals surface area contributed by atoms with Crippen molar-refractivity contribution in [1.29, 1.82) is 0 Å². The van der Waals surface area contributed by atoms with Crippen molar-refractivity contribution in [2.45, 2.75) is 46.1 Å².